The van der Waals surface area contributed by atoms with Gasteiger partial charge in [0.25, 0.3) is 0 Å². The summed E-state index contributed by atoms with van der Waals surface area (Å²) in [5, 5.41) is 0.0959. The molecule has 3 aromatic carbocycles. The molecule has 1 aliphatic heterocycles. The SMILES string of the molecule is O=C(C(c1ccccc1)c1ccccc1)N1CCSC1c1ccccc1. The molecule has 1 heterocycles. The number of rotatable bonds is 4. The van der Waals surface area contributed by atoms with Crippen LogP contribution in [0.5, 0.6) is 0 Å². The Balaban J connectivity index is 1.71. The molecule has 130 valence electrons. The van der Waals surface area contributed by atoms with E-state index in [-0.39, 0.29) is 17.2 Å². The largest absolute Gasteiger partial charge is 0.325 e. The van der Waals surface area contributed by atoms with Crippen LogP contribution in [0.25, 0.3) is 0 Å². The van der Waals surface area contributed by atoms with Crippen LogP contribution in [0.4, 0.5) is 0 Å². The Morgan fingerprint density at radius 1 is 0.808 bits per heavy atom. The first kappa shape index (κ1) is 16.9. The molecule has 0 aromatic heterocycles. The molecule has 3 aromatic rings. The van der Waals surface area contributed by atoms with E-state index in [4.69, 9.17) is 0 Å². The molecule has 0 saturated carbocycles. The van der Waals surface area contributed by atoms with E-state index in [2.05, 4.69) is 36.4 Å². The predicted molar refractivity (Wildman–Crippen MR) is 108 cm³/mol. The fraction of sp³-hybridized carbons (Fsp3) is 0.174. The van der Waals surface area contributed by atoms with Gasteiger partial charge in [-0.2, -0.15) is 0 Å². The van der Waals surface area contributed by atoms with Gasteiger partial charge in [0.2, 0.25) is 5.91 Å². The predicted octanol–water partition coefficient (Wildman–Crippen LogP) is 5.09. The maximum absolute atomic E-state index is 13.6. The van der Waals surface area contributed by atoms with E-state index >= 15 is 0 Å². The molecule has 0 radical (unpaired) electrons. The number of amides is 1. The monoisotopic (exact) mass is 359 g/mol. The summed E-state index contributed by atoms with van der Waals surface area (Å²) < 4.78 is 0. The van der Waals surface area contributed by atoms with Crippen LogP contribution < -0.4 is 0 Å². The van der Waals surface area contributed by atoms with Gasteiger partial charge in [0, 0.05) is 12.3 Å². The molecular weight excluding hydrogens is 338 g/mol. The van der Waals surface area contributed by atoms with Gasteiger partial charge in [-0.3, -0.25) is 4.79 Å². The van der Waals surface area contributed by atoms with E-state index < -0.39 is 0 Å². The molecule has 2 nitrogen and oxygen atoms in total. The highest BCUT2D eigenvalue weighted by Gasteiger charge is 2.35. The Hall–Kier alpha value is -2.52. The Morgan fingerprint density at radius 2 is 1.31 bits per heavy atom. The summed E-state index contributed by atoms with van der Waals surface area (Å²) in [6.45, 7) is 0.791. The molecule has 1 fully saturated rings. The van der Waals surface area contributed by atoms with Crippen molar-refractivity contribution in [2.75, 3.05) is 12.3 Å². The lowest BCUT2D eigenvalue weighted by Crippen LogP contribution is -2.35. The maximum atomic E-state index is 13.6. The van der Waals surface area contributed by atoms with Crippen molar-refractivity contribution >= 4 is 17.7 Å². The molecule has 1 unspecified atom stereocenters. The van der Waals surface area contributed by atoms with Crippen LogP contribution in [-0.2, 0) is 4.79 Å². The molecule has 0 spiro atoms. The third-order valence-electron chi connectivity index (χ3n) is 4.77. The van der Waals surface area contributed by atoms with Crippen molar-refractivity contribution in [3.8, 4) is 0 Å². The van der Waals surface area contributed by atoms with Crippen LogP contribution in [0.3, 0.4) is 0 Å². The Kier molecular flexibility index (Phi) is 5.07. The molecule has 3 heteroatoms. The van der Waals surface area contributed by atoms with E-state index in [0.717, 1.165) is 23.4 Å². The van der Waals surface area contributed by atoms with Crippen molar-refractivity contribution in [1.82, 2.24) is 4.90 Å². The van der Waals surface area contributed by atoms with E-state index in [1.54, 1.807) is 0 Å². The third-order valence-corrected chi connectivity index (χ3v) is 6.03. The van der Waals surface area contributed by atoms with Crippen molar-refractivity contribution in [2.24, 2.45) is 0 Å². The summed E-state index contributed by atoms with van der Waals surface area (Å²) in [6.07, 6.45) is 0. The van der Waals surface area contributed by atoms with E-state index in [1.165, 1.54) is 5.56 Å². The van der Waals surface area contributed by atoms with Crippen LogP contribution in [0, 0.1) is 0 Å². The zero-order valence-electron chi connectivity index (χ0n) is 14.5. The lowest BCUT2D eigenvalue weighted by molar-refractivity contribution is -0.132. The first-order chi connectivity index (χ1) is 12.8. The average Bonchev–Trinajstić information content (AvgIpc) is 3.20. The Morgan fingerprint density at radius 3 is 1.85 bits per heavy atom. The molecule has 1 aliphatic rings. The number of carbonyl (C=O) groups is 1. The second-order valence-electron chi connectivity index (χ2n) is 6.42. The summed E-state index contributed by atoms with van der Waals surface area (Å²) in [5.74, 6) is 0.894. The van der Waals surface area contributed by atoms with Crippen LogP contribution in [0.1, 0.15) is 28.0 Å². The topological polar surface area (TPSA) is 20.3 Å². The second kappa shape index (κ2) is 7.79. The fourth-order valence-corrected chi connectivity index (χ4v) is 4.79. The molecule has 1 atom stereocenters. The Labute approximate surface area is 158 Å². The van der Waals surface area contributed by atoms with Crippen LogP contribution in [0.15, 0.2) is 91.0 Å². The first-order valence-electron chi connectivity index (χ1n) is 8.91. The molecular formula is C23H21NOS. The lowest BCUT2D eigenvalue weighted by atomic mass is 9.90. The standard InChI is InChI=1S/C23H21NOS/c25-22(24-16-17-26-23(24)20-14-8-3-9-15-20)21(18-10-4-1-5-11-18)19-12-6-2-7-13-19/h1-15,21,23H,16-17H2. The normalized spacial score (nSPS) is 16.8. The fourth-order valence-electron chi connectivity index (χ4n) is 3.52. The quantitative estimate of drug-likeness (QED) is 0.646. The molecule has 0 N–H and O–H groups in total. The van der Waals surface area contributed by atoms with E-state index in [9.17, 15) is 4.79 Å². The van der Waals surface area contributed by atoms with E-state index in [1.807, 2.05) is 71.3 Å². The van der Waals surface area contributed by atoms with Crippen molar-refractivity contribution in [3.63, 3.8) is 0 Å². The Bertz CT molecular complexity index is 812. The zero-order chi connectivity index (χ0) is 17.8. The van der Waals surface area contributed by atoms with E-state index in [0.29, 0.717) is 0 Å². The third kappa shape index (κ3) is 3.40. The summed E-state index contributed by atoms with van der Waals surface area (Å²) >= 11 is 1.84. The van der Waals surface area contributed by atoms with Crippen molar-refractivity contribution in [3.05, 3.63) is 108 Å². The minimum Gasteiger partial charge on any atom is -0.325 e. The number of nitrogens with zero attached hydrogens (tertiary/aromatic N) is 1. The molecule has 0 aliphatic carbocycles. The molecule has 1 saturated heterocycles. The number of thioether (sulfide) groups is 1. The van der Waals surface area contributed by atoms with Gasteiger partial charge in [-0.05, 0) is 16.7 Å². The summed E-state index contributed by atoms with van der Waals surface area (Å²) in [5.41, 5.74) is 3.29. The summed E-state index contributed by atoms with van der Waals surface area (Å²) in [7, 11) is 0. The zero-order valence-corrected chi connectivity index (χ0v) is 15.3. The summed E-state index contributed by atoms with van der Waals surface area (Å²) in [6, 6.07) is 30.6. The molecule has 1 amide bonds. The highest BCUT2D eigenvalue weighted by atomic mass is 32.2. The van der Waals surface area contributed by atoms with Crippen molar-refractivity contribution in [1.29, 1.82) is 0 Å². The highest BCUT2D eigenvalue weighted by Crippen LogP contribution is 2.40. The van der Waals surface area contributed by atoms with Crippen LogP contribution in [0.2, 0.25) is 0 Å². The second-order valence-corrected chi connectivity index (χ2v) is 7.61. The number of carbonyl (C=O) groups excluding carboxylic acids is 1. The lowest BCUT2D eigenvalue weighted by Gasteiger charge is -2.29. The highest BCUT2D eigenvalue weighted by molar-refractivity contribution is 7.99. The van der Waals surface area contributed by atoms with Gasteiger partial charge in [-0.1, -0.05) is 91.0 Å². The van der Waals surface area contributed by atoms with Gasteiger partial charge in [-0.25, -0.2) is 0 Å². The van der Waals surface area contributed by atoms with Gasteiger partial charge in [0.1, 0.15) is 5.37 Å². The number of hydrogen-bond donors (Lipinski definition) is 0. The first-order valence-corrected chi connectivity index (χ1v) is 9.96. The summed E-state index contributed by atoms with van der Waals surface area (Å²) in [4.78, 5) is 15.7. The average molecular weight is 359 g/mol. The van der Waals surface area contributed by atoms with Crippen molar-refractivity contribution < 1.29 is 4.79 Å². The van der Waals surface area contributed by atoms with Gasteiger partial charge >= 0.3 is 0 Å². The smallest absolute Gasteiger partial charge is 0.235 e. The molecule has 26 heavy (non-hydrogen) atoms. The molecule has 4 rings (SSSR count). The van der Waals surface area contributed by atoms with Crippen LogP contribution >= 0.6 is 11.8 Å². The minimum atomic E-state index is -0.262. The van der Waals surface area contributed by atoms with Crippen molar-refractivity contribution in [2.45, 2.75) is 11.3 Å². The van der Waals surface area contributed by atoms with Gasteiger partial charge < -0.3 is 4.90 Å². The van der Waals surface area contributed by atoms with Gasteiger partial charge in [0.15, 0.2) is 0 Å². The van der Waals surface area contributed by atoms with Gasteiger partial charge in [0.05, 0.1) is 5.92 Å². The number of hydrogen-bond acceptors (Lipinski definition) is 2. The number of benzene rings is 3. The molecule has 0 bridgehead atoms. The maximum Gasteiger partial charge on any atom is 0.235 e. The van der Waals surface area contributed by atoms with Gasteiger partial charge in [-0.15, -0.1) is 11.8 Å². The van der Waals surface area contributed by atoms with Crippen LogP contribution in [-0.4, -0.2) is 23.1 Å². The minimum absolute atomic E-state index is 0.0959.